The highest BCUT2D eigenvalue weighted by atomic mass is 16.5. The highest BCUT2D eigenvalue weighted by Crippen LogP contribution is 2.08. The second-order valence-corrected chi connectivity index (χ2v) is 4.38. The van der Waals surface area contributed by atoms with E-state index < -0.39 is 5.97 Å². The quantitative estimate of drug-likeness (QED) is 0.439. The van der Waals surface area contributed by atoms with Crippen molar-refractivity contribution in [2.45, 2.75) is 19.8 Å². The summed E-state index contributed by atoms with van der Waals surface area (Å²) < 4.78 is 9.53. The summed E-state index contributed by atoms with van der Waals surface area (Å²) in [6.07, 6.45) is 8.00. The first kappa shape index (κ1) is 16.7. The smallest absolute Gasteiger partial charge is 0.330 e. The Kier molecular flexibility index (Phi) is 7.58. The minimum atomic E-state index is -0.395. The van der Waals surface area contributed by atoms with Gasteiger partial charge in [-0.05, 0) is 29.7 Å². The van der Waals surface area contributed by atoms with Crippen molar-refractivity contribution in [1.29, 1.82) is 0 Å². The zero-order valence-electron chi connectivity index (χ0n) is 12.4. The lowest BCUT2D eigenvalue weighted by Gasteiger charge is -1.99. The SMILES string of the molecule is CCCCOC(=O)/C=C/c1ccc(/C=C/C(=O)OC)cc1. The molecular formula is C17H20O4. The molecule has 1 aromatic rings. The van der Waals surface area contributed by atoms with E-state index in [1.54, 1.807) is 12.2 Å². The number of esters is 2. The summed E-state index contributed by atoms with van der Waals surface area (Å²) in [6, 6.07) is 7.41. The highest BCUT2D eigenvalue weighted by Gasteiger charge is 1.96. The maximum atomic E-state index is 11.4. The van der Waals surface area contributed by atoms with E-state index in [0.29, 0.717) is 6.61 Å². The number of hydrogen-bond acceptors (Lipinski definition) is 4. The van der Waals surface area contributed by atoms with E-state index in [1.165, 1.54) is 19.3 Å². The van der Waals surface area contributed by atoms with Crippen LogP contribution in [0.4, 0.5) is 0 Å². The molecule has 0 N–H and O–H groups in total. The van der Waals surface area contributed by atoms with Gasteiger partial charge >= 0.3 is 11.9 Å². The predicted molar refractivity (Wildman–Crippen MR) is 82.4 cm³/mol. The van der Waals surface area contributed by atoms with Crippen molar-refractivity contribution in [3.63, 3.8) is 0 Å². The van der Waals surface area contributed by atoms with E-state index >= 15 is 0 Å². The zero-order chi connectivity index (χ0) is 15.5. The minimum Gasteiger partial charge on any atom is -0.466 e. The third-order valence-electron chi connectivity index (χ3n) is 2.70. The van der Waals surface area contributed by atoms with Crippen LogP contribution in [-0.4, -0.2) is 25.7 Å². The Labute approximate surface area is 125 Å². The molecule has 4 nitrogen and oxygen atoms in total. The molecular weight excluding hydrogens is 268 g/mol. The van der Waals surface area contributed by atoms with Crippen molar-refractivity contribution in [3.05, 3.63) is 47.5 Å². The van der Waals surface area contributed by atoms with Crippen LogP contribution in [0.15, 0.2) is 36.4 Å². The first-order valence-corrected chi connectivity index (χ1v) is 6.86. The lowest BCUT2D eigenvalue weighted by Crippen LogP contribution is -2.01. The fourth-order valence-electron chi connectivity index (χ4n) is 1.48. The van der Waals surface area contributed by atoms with Gasteiger partial charge in [0.2, 0.25) is 0 Å². The van der Waals surface area contributed by atoms with Gasteiger partial charge in [-0.2, -0.15) is 0 Å². The van der Waals surface area contributed by atoms with Crippen LogP contribution in [0.5, 0.6) is 0 Å². The van der Waals surface area contributed by atoms with Gasteiger partial charge in [0, 0.05) is 12.2 Å². The van der Waals surface area contributed by atoms with Gasteiger partial charge in [-0.1, -0.05) is 37.6 Å². The molecule has 0 aliphatic heterocycles. The molecule has 21 heavy (non-hydrogen) atoms. The third kappa shape index (κ3) is 7.11. The Balaban J connectivity index is 2.52. The molecule has 0 amide bonds. The van der Waals surface area contributed by atoms with Crippen LogP contribution in [-0.2, 0) is 19.1 Å². The molecule has 0 atom stereocenters. The van der Waals surface area contributed by atoms with Crippen molar-refractivity contribution in [3.8, 4) is 0 Å². The summed E-state index contributed by atoms with van der Waals surface area (Å²) >= 11 is 0. The molecule has 0 heterocycles. The predicted octanol–water partition coefficient (Wildman–Crippen LogP) is 3.23. The summed E-state index contributed by atoms with van der Waals surface area (Å²) in [5, 5.41) is 0. The zero-order valence-corrected chi connectivity index (χ0v) is 12.4. The van der Waals surface area contributed by atoms with Crippen LogP contribution in [0, 0.1) is 0 Å². The molecule has 0 aliphatic rings. The van der Waals surface area contributed by atoms with E-state index in [2.05, 4.69) is 4.74 Å². The van der Waals surface area contributed by atoms with Gasteiger partial charge in [0.1, 0.15) is 0 Å². The van der Waals surface area contributed by atoms with Crippen LogP contribution in [0.1, 0.15) is 30.9 Å². The van der Waals surface area contributed by atoms with Gasteiger partial charge < -0.3 is 9.47 Å². The fourth-order valence-corrected chi connectivity index (χ4v) is 1.48. The number of methoxy groups -OCH3 is 1. The molecule has 0 aliphatic carbocycles. The van der Waals surface area contributed by atoms with Crippen molar-refractivity contribution in [2.75, 3.05) is 13.7 Å². The number of rotatable bonds is 7. The molecule has 1 rings (SSSR count). The molecule has 0 bridgehead atoms. The molecule has 0 fully saturated rings. The number of carbonyl (C=O) groups excluding carboxylic acids is 2. The third-order valence-corrected chi connectivity index (χ3v) is 2.70. The van der Waals surface area contributed by atoms with Crippen LogP contribution < -0.4 is 0 Å². The van der Waals surface area contributed by atoms with Crippen LogP contribution in [0.25, 0.3) is 12.2 Å². The van der Waals surface area contributed by atoms with Crippen LogP contribution >= 0.6 is 0 Å². The first-order valence-electron chi connectivity index (χ1n) is 6.86. The molecule has 0 saturated heterocycles. The minimum absolute atomic E-state index is 0.335. The monoisotopic (exact) mass is 288 g/mol. The summed E-state index contributed by atoms with van der Waals surface area (Å²) in [5.41, 5.74) is 1.76. The Morgan fingerprint density at radius 3 is 2.00 bits per heavy atom. The van der Waals surface area contributed by atoms with Crippen molar-refractivity contribution in [2.24, 2.45) is 0 Å². The van der Waals surface area contributed by atoms with Crippen LogP contribution in [0.2, 0.25) is 0 Å². The van der Waals surface area contributed by atoms with Gasteiger partial charge in [0.25, 0.3) is 0 Å². The van der Waals surface area contributed by atoms with E-state index in [-0.39, 0.29) is 5.97 Å². The van der Waals surface area contributed by atoms with Gasteiger partial charge in [-0.15, -0.1) is 0 Å². The van der Waals surface area contributed by atoms with Crippen molar-refractivity contribution >= 4 is 24.1 Å². The van der Waals surface area contributed by atoms with Crippen LogP contribution in [0.3, 0.4) is 0 Å². The topological polar surface area (TPSA) is 52.6 Å². The van der Waals surface area contributed by atoms with Gasteiger partial charge in [-0.25, -0.2) is 9.59 Å². The number of unbranched alkanes of at least 4 members (excludes halogenated alkanes) is 1. The Bertz CT molecular complexity index is 512. The number of carbonyl (C=O) groups is 2. The van der Waals surface area contributed by atoms with Gasteiger partial charge in [0.05, 0.1) is 13.7 Å². The first-order chi connectivity index (χ1) is 10.2. The number of ether oxygens (including phenoxy) is 2. The average Bonchev–Trinajstić information content (AvgIpc) is 2.51. The number of hydrogen-bond donors (Lipinski definition) is 0. The fraction of sp³-hybridized carbons (Fsp3) is 0.294. The lowest BCUT2D eigenvalue weighted by atomic mass is 10.1. The summed E-state index contributed by atoms with van der Waals surface area (Å²) in [6.45, 7) is 2.50. The molecule has 0 spiro atoms. The second kappa shape index (κ2) is 9.53. The Morgan fingerprint density at radius 2 is 1.52 bits per heavy atom. The summed E-state index contributed by atoms with van der Waals surface area (Å²) in [4.78, 5) is 22.4. The summed E-state index contributed by atoms with van der Waals surface area (Å²) in [7, 11) is 1.33. The van der Waals surface area contributed by atoms with E-state index in [9.17, 15) is 9.59 Å². The maximum absolute atomic E-state index is 11.4. The maximum Gasteiger partial charge on any atom is 0.330 e. The molecule has 0 unspecified atom stereocenters. The van der Waals surface area contributed by atoms with Gasteiger partial charge in [-0.3, -0.25) is 0 Å². The van der Waals surface area contributed by atoms with Crippen molar-refractivity contribution < 1.29 is 19.1 Å². The number of benzene rings is 1. The molecule has 0 aromatic heterocycles. The Hall–Kier alpha value is -2.36. The summed E-state index contributed by atoms with van der Waals surface area (Å²) in [5.74, 6) is -0.730. The van der Waals surface area contributed by atoms with E-state index in [1.807, 2.05) is 31.2 Å². The largest absolute Gasteiger partial charge is 0.466 e. The normalized spacial score (nSPS) is 11.0. The van der Waals surface area contributed by atoms with E-state index in [4.69, 9.17) is 4.74 Å². The highest BCUT2D eigenvalue weighted by molar-refractivity contribution is 5.88. The second-order valence-electron chi connectivity index (χ2n) is 4.38. The Morgan fingerprint density at radius 1 is 1.00 bits per heavy atom. The standard InChI is InChI=1S/C17H20O4/c1-3-4-13-21-17(19)12-10-15-7-5-14(6-8-15)9-11-16(18)20-2/h5-12H,3-4,13H2,1-2H3/b11-9+,12-10+. The average molecular weight is 288 g/mol. The molecule has 4 heteroatoms. The molecule has 0 radical (unpaired) electrons. The van der Waals surface area contributed by atoms with Crippen molar-refractivity contribution in [1.82, 2.24) is 0 Å². The van der Waals surface area contributed by atoms with Gasteiger partial charge in [0.15, 0.2) is 0 Å². The molecule has 0 saturated carbocycles. The molecule has 112 valence electrons. The lowest BCUT2D eigenvalue weighted by molar-refractivity contribution is -0.138. The molecule has 1 aromatic carbocycles. The van der Waals surface area contributed by atoms with E-state index in [0.717, 1.165) is 24.0 Å².